The zero-order valence-corrected chi connectivity index (χ0v) is 14.2. The number of carbonyl (C=O) groups is 2. The van der Waals surface area contributed by atoms with E-state index in [1.807, 2.05) is 0 Å². The van der Waals surface area contributed by atoms with Crippen molar-refractivity contribution in [1.29, 1.82) is 0 Å². The zero-order chi connectivity index (χ0) is 17.5. The van der Waals surface area contributed by atoms with Gasteiger partial charge in [-0.25, -0.2) is 9.18 Å². The molecule has 2 N–H and O–H groups in total. The molecule has 1 aliphatic rings. The number of nitrogens with zero attached hydrogens (tertiary/aromatic N) is 2. The van der Waals surface area contributed by atoms with Crippen molar-refractivity contribution >= 4 is 17.6 Å². The summed E-state index contributed by atoms with van der Waals surface area (Å²) >= 11 is 0. The maximum absolute atomic E-state index is 13.0. The maximum Gasteiger partial charge on any atom is 0.315 e. The van der Waals surface area contributed by atoms with Crippen LogP contribution in [0.1, 0.15) is 20.3 Å². The number of halogens is 1. The largest absolute Gasteiger partial charge is 0.337 e. The minimum absolute atomic E-state index is 0.0740. The smallest absolute Gasteiger partial charge is 0.315 e. The number of nitrogens with one attached hydrogen (secondary N) is 2. The summed E-state index contributed by atoms with van der Waals surface area (Å²) in [6.07, 6.45) is 0.251. The molecule has 0 bridgehead atoms. The topological polar surface area (TPSA) is 64.7 Å². The van der Waals surface area contributed by atoms with Crippen molar-refractivity contribution in [3.8, 4) is 0 Å². The summed E-state index contributed by atoms with van der Waals surface area (Å²) < 4.78 is 13.0. The summed E-state index contributed by atoms with van der Waals surface area (Å²) in [5.74, 6) is -0.414. The second-order valence-corrected chi connectivity index (χ2v) is 5.81. The van der Waals surface area contributed by atoms with Crippen molar-refractivity contribution in [2.24, 2.45) is 0 Å². The van der Waals surface area contributed by atoms with E-state index in [4.69, 9.17) is 0 Å². The Morgan fingerprint density at radius 2 is 1.96 bits per heavy atom. The Morgan fingerprint density at radius 1 is 1.29 bits per heavy atom. The van der Waals surface area contributed by atoms with E-state index in [1.165, 1.54) is 12.1 Å². The van der Waals surface area contributed by atoms with Gasteiger partial charge >= 0.3 is 6.03 Å². The molecule has 1 aromatic carbocycles. The first kappa shape index (κ1) is 18.2. The van der Waals surface area contributed by atoms with Crippen LogP contribution in [0.15, 0.2) is 24.3 Å². The van der Waals surface area contributed by atoms with E-state index in [9.17, 15) is 14.0 Å². The predicted molar refractivity (Wildman–Crippen MR) is 91.5 cm³/mol. The van der Waals surface area contributed by atoms with Crippen LogP contribution in [-0.4, -0.2) is 55.6 Å². The Hall–Kier alpha value is -2.15. The van der Waals surface area contributed by atoms with Crippen molar-refractivity contribution in [2.45, 2.75) is 26.3 Å². The fraction of sp³-hybridized carbons (Fsp3) is 0.529. The van der Waals surface area contributed by atoms with Crippen molar-refractivity contribution < 1.29 is 14.0 Å². The SMILES string of the molecule is CCN(CC)CCNC(=O)N[C@@H]1CC(=O)N(c2ccc(F)cc2)C1. The molecule has 1 aromatic rings. The molecule has 0 spiro atoms. The molecule has 0 saturated carbocycles. The lowest BCUT2D eigenvalue weighted by atomic mass is 10.2. The maximum atomic E-state index is 13.0. The molecule has 0 unspecified atom stereocenters. The van der Waals surface area contributed by atoms with Gasteiger partial charge in [-0.05, 0) is 37.4 Å². The molecule has 1 saturated heterocycles. The first-order valence-electron chi connectivity index (χ1n) is 8.36. The lowest BCUT2D eigenvalue weighted by Crippen LogP contribution is -2.45. The Bertz CT molecular complexity index is 560. The van der Waals surface area contributed by atoms with E-state index >= 15 is 0 Å². The number of hydrogen-bond acceptors (Lipinski definition) is 3. The monoisotopic (exact) mass is 336 g/mol. The van der Waals surface area contributed by atoms with E-state index in [0.29, 0.717) is 18.8 Å². The molecule has 132 valence electrons. The Labute approximate surface area is 142 Å². The van der Waals surface area contributed by atoms with Crippen molar-refractivity contribution in [2.75, 3.05) is 37.6 Å². The number of carbonyl (C=O) groups excluding carboxylic acids is 2. The van der Waals surface area contributed by atoms with Gasteiger partial charge in [0.05, 0.1) is 6.04 Å². The van der Waals surface area contributed by atoms with E-state index in [2.05, 4.69) is 29.4 Å². The number of benzene rings is 1. The molecule has 0 aromatic heterocycles. The fourth-order valence-electron chi connectivity index (χ4n) is 2.78. The lowest BCUT2D eigenvalue weighted by Gasteiger charge is -2.19. The summed E-state index contributed by atoms with van der Waals surface area (Å²) in [5, 5.41) is 5.64. The average Bonchev–Trinajstić information content (AvgIpc) is 2.92. The van der Waals surface area contributed by atoms with E-state index < -0.39 is 0 Å². The lowest BCUT2D eigenvalue weighted by molar-refractivity contribution is -0.117. The number of amides is 3. The van der Waals surface area contributed by atoms with Crippen molar-refractivity contribution in [3.63, 3.8) is 0 Å². The molecule has 1 heterocycles. The summed E-state index contributed by atoms with van der Waals surface area (Å²) in [4.78, 5) is 27.8. The minimum Gasteiger partial charge on any atom is -0.337 e. The number of rotatable bonds is 7. The van der Waals surface area contributed by atoms with Gasteiger partial charge in [0.1, 0.15) is 5.82 Å². The van der Waals surface area contributed by atoms with Gasteiger partial charge in [0, 0.05) is 31.7 Å². The average molecular weight is 336 g/mol. The van der Waals surface area contributed by atoms with Crippen LogP contribution in [0.25, 0.3) is 0 Å². The van der Waals surface area contributed by atoms with Crippen LogP contribution < -0.4 is 15.5 Å². The quantitative estimate of drug-likeness (QED) is 0.794. The second kappa shape index (κ2) is 8.63. The molecule has 24 heavy (non-hydrogen) atoms. The van der Waals surface area contributed by atoms with Gasteiger partial charge < -0.3 is 20.4 Å². The molecule has 0 aliphatic carbocycles. The molecule has 2 rings (SSSR count). The summed E-state index contributed by atoms with van der Waals surface area (Å²) in [6, 6.07) is 5.28. The first-order valence-corrected chi connectivity index (χ1v) is 8.36. The van der Waals surface area contributed by atoms with E-state index in [1.54, 1.807) is 17.0 Å². The summed E-state index contributed by atoms with van der Waals surface area (Å²) in [7, 11) is 0. The van der Waals surface area contributed by atoms with Crippen LogP contribution in [0.3, 0.4) is 0 Å². The molecule has 3 amide bonds. The van der Waals surface area contributed by atoms with Crippen LogP contribution in [0, 0.1) is 5.82 Å². The molecule has 1 fully saturated rings. The van der Waals surface area contributed by atoms with Gasteiger partial charge in [0.15, 0.2) is 0 Å². The van der Waals surface area contributed by atoms with Gasteiger partial charge in [0.25, 0.3) is 0 Å². The Balaban J connectivity index is 1.79. The molecular weight excluding hydrogens is 311 g/mol. The van der Waals surface area contributed by atoms with Crippen LogP contribution in [0.4, 0.5) is 14.9 Å². The number of anilines is 1. The van der Waals surface area contributed by atoms with E-state index in [-0.39, 0.29) is 30.2 Å². The third kappa shape index (κ3) is 4.92. The summed E-state index contributed by atoms with van der Waals surface area (Å²) in [5.41, 5.74) is 0.646. The number of hydrogen-bond donors (Lipinski definition) is 2. The van der Waals surface area contributed by atoms with Gasteiger partial charge in [-0.3, -0.25) is 4.79 Å². The van der Waals surface area contributed by atoms with Crippen molar-refractivity contribution in [1.82, 2.24) is 15.5 Å². The van der Waals surface area contributed by atoms with Crippen molar-refractivity contribution in [3.05, 3.63) is 30.1 Å². The standard InChI is InChI=1S/C17H25FN4O2/c1-3-21(4-2)10-9-19-17(24)20-14-11-16(23)22(12-14)15-7-5-13(18)6-8-15/h5-8,14H,3-4,9-12H2,1-2H3,(H2,19,20,24)/t14-/m1/s1. The molecule has 1 atom stereocenters. The first-order chi connectivity index (χ1) is 11.5. The highest BCUT2D eigenvalue weighted by Gasteiger charge is 2.31. The highest BCUT2D eigenvalue weighted by atomic mass is 19.1. The zero-order valence-electron chi connectivity index (χ0n) is 14.2. The fourth-order valence-corrected chi connectivity index (χ4v) is 2.78. The normalized spacial score (nSPS) is 17.4. The van der Waals surface area contributed by atoms with Crippen LogP contribution in [0.2, 0.25) is 0 Å². The minimum atomic E-state index is -0.340. The molecule has 0 radical (unpaired) electrons. The predicted octanol–water partition coefficient (Wildman–Crippen LogP) is 1.57. The van der Waals surface area contributed by atoms with E-state index in [0.717, 1.165) is 19.6 Å². The molecular formula is C17H25FN4O2. The Kier molecular flexibility index (Phi) is 6.54. The molecule has 7 heteroatoms. The molecule has 1 aliphatic heterocycles. The third-order valence-corrected chi connectivity index (χ3v) is 4.21. The van der Waals surface area contributed by atoms with Gasteiger partial charge in [-0.2, -0.15) is 0 Å². The number of likely N-dealkylation sites (N-methyl/N-ethyl adjacent to an activating group) is 1. The highest BCUT2D eigenvalue weighted by Crippen LogP contribution is 2.21. The highest BCUT2D eigenvalue weighted by molar-refractivity contribution is 5.96. The van der Waals surface area contributed by atoms with Gasteiger partial charge in [0.2, 0.25) is 5.91 Å². The van der Waals surface area contributed by atoms with Crippen LogP contribution in [-0.2, 0) is 4.79 Å². The van der Waals surface area contributed by atoms with Gasteiger partial charge in [-0.1, -0.05) is 13.8 Å². The Morgan fingerprint density at radius 3 is 2.58 bits per heavy atom. The third-order valence-electron chi connectivity index (χ3n) is 4.21. The van der Waals surface area contributed by atoms with Crippen LogP contribution >= 0.6 is 0 Å². The molecule has 6 nitrogen and oxygen atoms in total. The summed E-state index contributed by atoms with van der Waals surface area (Å²) in [6.45, 7) is 7.82. The van der Waals surface area contributed by atoms with Crippen LogP contribution in [0.5, 0.6) is 0 Å². The number of urea groups is 1. The van der Waals surface area contributed by atoms with Gasteiger partial charge in [-0.15, -0.1) is 0 Å². The second-order valence-electron chi connectivity index (χ2n) is 5.81.